The molecule has 4 aromatic rings. The normalized spacial score (nSPS) is 17.9. The zero-order chi connectivity index (χ0) is 21.6. The fourth-order valence-electron chi connectivity index (χ4n) is 4.22. The molecule has 4 nitrogen and oxygen atoms in total. The van der Waals surface area contributed by atoms with Gasteiger partial charge in [0.2, 0.25) is 0 Å². The number of hydrogen-bond acceptors (Lipinski definition) is 4. The van der Waals surface area contributed by atoms with Crippen molar-refractivity contribution >= 4 is 55.4 Å². The van der Waals surface area contributed by atoms with Gasteiger partial charge in [-0.2, -0.15) is 0 Å². The molecule has 0 fully saturated rings. The molecule has 2 heterocycles. The first-order valence-corrected chi connectivity index (χ1v) is 11.5. The Kier molecular flexibility index (Phi) is 5.01. The fraction of sp³-hybridized carbons (Fsp3) is 0.120. The number of fused-ring (bicyclic) bond motifs is 2. The molecule has 0 aliphatic carbocycles. The number of thiophene rings is 1. The summed E-state index contributed by atoms with van der Waals surface area (Å²) in [5.41, 5.74) is 0.223. The van der Waals surface area contributed by atoms with E-state index in [-0.39, 0.29) is 12.2 Å². The number of ketones is 1. The number of anilines is 1. The van der Waals surface area contributed by atoms with E-state index in [4.69, 9.17) is 0 Å². The first-order chi connectivity index (χ1) is 15.0. The van der Waals surface area contributed by atoms with E-state index in [1.54, 1.807) is 29.2 Å². The molecule has 1 aliphatic rings. The summed E-state index contributed by atoms with van der Waals surface area (Å²) in [6, 6.07) is 24.7. The molecule has 1 amide bonds. The van der Waals surface area contributed by atoms with Crippen LogP contribution < -0.4 is 4.90 Å². The van der Waals surface area contributed by atoms with Crippen LogP contribution in [0.3, 0.4) is 0 Å². The Balaban J connectivity index is 1.53. The molecule has 31 heavy (non-hydrogen) atoms. The van der Waals surface area contributed by atoms with Crippen molar-refractivity contribution < 1.29 is 14.7 Å². The molecular weight excluding hydrogens is 474 g/mol. The standard InChI is InChI=1S/C25H18BrNO3S/c26-23-13-12-22(31-23)21(28)14-25(30)19-10-3-4-11-20(19)27(24(25)29)15-17-8-5-7-16-6-1-2-9-18(16)17/h1-13,30H,14-15H2. The summed E-state index contributed by atoms with van der Waals surface area (Å²) in [6.07, 6.45) is -0.290. The third-order valence-electron chi connectivity index (χ3n) is 5.71. The average Bonchev–Trinajstić information content (AvgIpc) is 3.30. The summed E-state index contributed by atoms with van der Waals surface area (Å²) >= 11 is 4.66. The van der Waals surface area contributed by atoms with E-state index in [1.807, 2.05) is 54.6 Å². The molecule has 1 aliphatic heterocycles. The van der Waals surface area contributed by atoms with Gasteiger partial charge in [0.05, 0.1) is 27.3 Å². The number of carbonyl (C=O) groups is 2. The maximum absolute atomic E-state index is 13.5. The molecular formula is C25H18BrNO3S. The lowest BCUT2D eigenvalue weighted by molar-refractivity contribution is -0.136. The van der Waals surface area contributed by atoms with Crippen LogP contribution in [-0.4, -0.2) is 16.8 Å². The van der Waals surface area contributed by atoms with Crippen molar-refractivity contribution in [2.75, 3.05) is 4.90 Å². The topological polar surface area (TPSA) is 57.6 Å². The largest absolute Gasteiger partial charge is 0.375 e. The lowest BCUT2D eigenvalue weighted by Crippen LogP contribution is -2.41. The van der Waals surface area contributed by atoms with Crippen LogP contribution in [-0.2, 0) is 16.9 Å². The predicted molar refractivity (Wildman–Crippen MR) is 126 cm³/mol. The Morgan fingerprint density at radius 1 is 0.968 bits per heavy atom. The van der Waals surface area contributed by atoms with Gasteiger partial charge >= 0.3 is 0 Å². The van der Waals surface area contributed by atoms with E-state index in [0.29, 0.717) is 22.7 Å². The highest BCUT2D eigenvalue weighted by atomic mass is 79.9. The number of amides is 1. The number of Topliss-reactive ketones (excluding diaryl/α,β-unsaturated/α-hetero) is 1. The number of aliphatic hydroxyl groups is 1. The van der Waals surface area contributed by atoms with Crippen molar-refractivity contribution in [3.05, 3.63) is 98.7 Å². The summed E-state index contributed by atoms with van der Waals surface area (Å²) in [4.78, 5) is 28.5. The molecule has 5 rings (SSSR count). The fourth-order valence-corrected chi connectivity index (χ4v) is 5.54. The highest BCUT2D eigenvalue weighted by Crippen LogP contribution is 2.44. The highest BCUT2D eigenvalue weighted by molar-refractivity contribution is 9.11. The van der Waals surface area contributed by atoms with E-state index in [9.17, 15) is 14.7 Å². The summed E-state index contributed by atoms with van der Waals surface area (Å²) in [5.74, 6) is -0.723. The molecule has 1 atom stereocenters. The Hall–Kier alpha value is -2.80. The maximum atomic E-state index is 13.5. The van der Waals surface area contributed by atoms with Crippen LogP contribution in [0.15, 0.2) is 82.6 Å². The number of rotatable bonds is 5. The average molecular weight is 492 g/mol. The lowest BCUT2D eigenvalue weighted by atomic mass is 9.89. The molecule has 1 N–H and O–H groups in total. The molecule has 0 bridgehead atoms. The van der Waals surface area contributed by atoms with Gasteiger partial charge in [-0.15, -0.1) is 11.3 Å². The van der Waals surface area contributed by atoms with Gasteiger partial charge in [-0.05, 0) is 50.5 Å². The summed E-state index contributed by atoms with van der Waals surface area (Å²) in [6.45, 7) is 0.318. The number of para-hydroxylation sites is 1. The molecule has 3 aromatic carbocycles. The zero-order valence-electron chi connectivity index (χ0n) is 16.4. The molecule has 6 heteroatoms. The van der Waals surface area contributed by atoms with Crippen LogP contribution >= 0.6 is 27.3 Å². The Morgan fingerprint density at radius 3 is 2.52 bits per heavy atom. The molecule has 0 saturated carbocycles. The van der Waals surface area contributed by atoms with Gasteiger partial charge in [0.1, 0.15) is 0 Å². The van der Waals surface area contributed by atoms with Crippen molar-refractivity contribution in [1.29, 1.82) is 0 Å². The SMILES string of the molecule is O=C(CC1(O)C(=O)N(Cc2cccc3ccccc23)c2ccccc21)c1ccc(Br)s1. The van der Waals surface area contributed by atoms with Crippen molar-refractivity contribution in [2.24, 2.45) is 0 Å². The van der Waals surface area contributed by atoms with Gasteiger partial charge < -0.3 is 10.0 Å². The van der Waals surface area contributed by atoms with Gasteiger partial charge in [0.15, 0.2) is 11.4 Å². The quantitative estimate of drug-likeness (QED) is 0.365. The number of halogens is 1. The van der Waals surface area contributed by atoms with E-state index in [2.05, 4.69) is 15.9 Å². The summed E-state index contributed by atoms with van der Waals surface area (Å²) in [5, 5.41) is 13.6. The van der Waals surface area contributed by atoms with Crippen molar-refractivity contribution in [1.82, 2.24) is 0 Å². The van der Waals surface area contributed by atoms with Crippen LogP contribution in [0.4, 0.5) is 5.69 Å². The van der Waals surface area contributed by atoms with Crippen LogP contribution in [0.25, 0.3) is 10.8 Å². The second-order valence-electron chi connectivity index (χ2n) is 7.61. The number of hydrogen-bond donors (Lipinski definition) is 1. The van der Waals surface area contributed by atoms with Crippen molar-refractivity contribution in [3.63, 3.8) is 0 Å². The number of benzene rings is 3. The lowest BCUT2D eigenvalue weighted by Gasteiger charge is -2.23. The Morgan fingerprint density at radius 2 is 1.71 bits per heavy atom. The monoisotopic (exact) mass is 491 g/mol. The van der Waals surface area contributed by atoms with Gasteiger partial charge in [-0.1, -0.05) is 60.7 Å². The van der Waals surface area contributed by atoms with Gasteiger partial charge in [-0.3, -0.25) is 9.59 Å². The predicted octanol–water partition coefficient (Wildman–Crippen LogP) is 5.67. The third-order valence-corrected chi connectivity index (χ3v) is 7.38. The first-order valence-electron chi connectivity index (χ1n) is 9.86. The van der Waals surface area contributed by atoms with Crippen LogP contribution in [0.2, 0.25) is 0 Å². The zero-order valence-corrected chi connectivity index (χ0v) is 18.8. The summed E-state index contributed by atoms with van der Waals surface area (Å²) < 4.78 is 0.832. The van der Waals surface area contributed by atoms with Gasteiger partial charge in [0.25, 0.3) is 5.91 Å². The van der Waals surface area contributed by atoms with E-state index >= 15 is 0 Å². The molecule has 0 radical (unpaired) electrons. The molecule has 0 saturated heterocycles. The highest BCUT2D eigenvalue weighted by Gasteiger charge is 2.50. The third kappa shape index (κ3) is 3.41. The van der Waals surface area contributed by atoms with Gasteiger partial charge in [0, 0.05) is 5.56 Å². The van der Waals surface area contributed by atoms with E-state index in [0.717, 1.165) is 20.1 Å². The second kappa shape index (κ2) is 7.71. The Bertz CT molecular complexity index is 1330. The maximum Gasteiger partial charge on any atom is 0.264 e. The minimum absolute atomic E-state index is 0.256. The van der Waals surface area contributed by atoms with Crippen LogP contribution in [0.1, 0.15) is 27.2 Å². The number of nitrogens with zero attached hydrogens (tertiary/aromatic N) is 1. The Labute approximate surface area is 191 Å². The molecule has 154 valence electrons. The summed E-state index contributed by atoms with van der Waals surface area (Å²) in [7, 11) is 0. The second-order valence-corrected chi connectivity index (χ2v) is 10.1. The first kappa shape index (κ1) is 20.1. The molecule has 0 spiro atoms. The van der Waals surface area contributed by atoms with Crippen molar-refractivity contribution in [3.8, 4) is 0 Å². The van der Waals surface area contributed by atoms with Gasteiger partial charge in [-0.25, -0.2) is 0 Å². The van der Waals surface area contributed by atoms with Crippen molar-refractivity contribution in [2.45, 2.75) is 18.6 Å². The van der Waals surface area contributed by atoms with Crippen LogP contribution in [0, 0.1) is 0 Å². The van der Waals surface area contributed by atoms with E-state index < -0.39 is 11.5 Å². The van der Waals surface area contributed by atoms with E-state index in [1.165, 1.54) is 11.3 Å². The van der Waals surface area contributed by atoms with Crippen LogP contribution in [0.5, 0.6) is 0 Å². The molecule has 1 aromatic heterocycles. The number of carbonyl (C=O) groups excluding carboxylic acids is 2. The minimum atomic E-state index is -1.88. The molecule has 1 unspecified atom stereocenters. The smallest absolute Gasteiger partial charge is 0.264 e. The minimum Gasteiger partial charge on any atom is -0.375 e.